The molecule has 0 spiro atoms. The normalized spacial score (nSPS) is 38.8. The van der Waals surface area contributed by atoms with E-state index in [0.29, 0.717) is 6.10 Å². The highest BCUT2D eigenvalue weighted by Gasteiger charge is 2.33. The molecule has 0 amide bonds. The fourth-order valence-corrected chi connectivity index (χ4v) is 3.91. The van der Waals surface area contributed by atoms with Gasteiger partial charge in [0.05, 0.1) is 6.10 Å². The van der Waals surface area contributed by atoms with Crippen LogP contribution in [0.5, 0.6) is 0 Å². The van der Waals surface area contributed by atoms with E-state index in [2.05, 4.69) is 16.7 Å². The molecule has 3 saturated heterocycles. The maximum absolute atomic E-state index is 5.75. The predicted molar refractivity (Wildman–Crippen MR) is 73.8 cm³/mol. The Balaban J connectivity index is 1.49. The van der Waals surface area contributed by atoms with Gasteiger partial charge in [-0.25, -0.2) is 0 Å². The van der Waals surface area contributed by atoms with Crippen LogP contribution in [0.4, 0.5) is 0 Å². The lowest BCUT2D eigenvalue weighted by molar-refractivity contribution is 0.00577. The molecule has 0 aromatic heterocycles. The van der Waals surface area contributed by atoms with E-state index in [0.717, 1.165) is 18.7 Å². The Labute approximate surface area is 111 Å². The van der Waals surface area contributed by atoms with Crippen LogP contribution in [0.3, 0.4) is 0 Å². The number of piperidine rings is 1. The summed E-state index contributed by atoms with van der Waals surface area (Å²) >= 11 is 0. The van der Waals surface area contributed by atoms with Gasteiger partial charge < -0.3 is 4.74 Å². The van der Waals surface area contributed by atoms with Crippen molar-refractivity contribution in [2.45, 2.75) is 63.6 Å². The molecule has 18 heavy (non-hydrogen) atoms. The highest BCUT2D eigenvalue weighted by Crippen LogP contribution is 2.25. The summed E-state index contributed by atoms with van der Waals surface area (Å²) in [4.78, 5) is 5.45. The molecule has 3 heterocycles. The van der Waals surface area contributed by atoms with Crippen molar-refractivity contribution in [3.63, 3.8) is 0 Å². The van der Waals surface area contributed by atoms with Crippen LogP contribution >= 0.6 is 0 Å². The minimum absolute atomic E-state index is 0.557. The van der Waals surface area contributed by atoms with E-state index in [4.69, 9.17) is 4.74 Å². The molecule has 0 aliphatic carbocycles. The van der Waals surface area contributed by atoms with Gasteiger partial charge in [-0.2, -0.15) is 0 Å². The second-order valence-corrected chi connectivity index (χ2v) is 6.41. The zero-order valence-corrected chi connectivity index (χ0v) is 11.8. The van der Waals surface area contributed by atoms with Gasteiger partial charge in [0.1, 0.15) is 0 Å². The van der Waals surface area contributed by atoms with Gasteiger partial charge in [0.2, 0.25) is 0 Å². The Bertz CT molecular complexity index is 265. The third kappa shape index (κ3) is 2.89. The number of piperazine rings is 1. The third-order valence-corrected chi connectivity index (χ3v) is 5.08. The van der Waals surface area contributed by atoms with Crippen LogP contribution < -0.4 is 0 Å². The Morgan fingerprint density at radius 1 is 1.11 bits per heavy atom. The Morgan fingerprint density at radius 2 is 2.06 bits per heavy atom. The van der Waals surface area contributed by atoms with E-state index in [1.54, 1.807) is 0 Å². The van der Waals surface area contributed by atoms with Gasteiger partial charge in [0.15, 0.2) is 0 Å². The van der Waals surface area contributed by atoms with Gasteiger partial charge in [-0.3, -0.25) is 9.80 Å². The molecule has 104 valence electrons. The number of hydrogen-bond acceptors (Lipinski definition) is 3. The minimum Gasteiger partial charge on any atom is -0.378 e. The first-order chi connectivity index (χ1) is 8.83. The van der Waals surface area contributed by atoms with Crippen LogP contribution in [0.1, 0.15) is 45.4 Å². The minimum atomic E-state index is 0.557. The maximum Gasteiger partial charge on any atom is 0.0588 e. The Morgan fingerprint density at radius 3 is 2.89 bits per heavy atom. The molecule has 0 bridgehead atoms. The largest absolute Gasteiger partial charge is 0.378 e. The van der Waals surface area contributed by atoms with E-state index in [9.17, 15) is 0 Å². The average Bonchev–Trinajstić information content (AvgIpc) is 2.89. The maximum atomic E-state index is 5.75. The predicted octanol–water partition coefficient (Wildman–Crippen LogP) is 2.11. The molecule has 3 nitrogen and oxygen atoms in total. The first-order valence-electron chi connectivity index (χ1n) is 7.92. The van der Waals surface area contributed by atoms with Crippen molar-refractivity contribution in [3.8, 4) is 0 Å². The van der Waals surface area contributed by atoms with Crippen LogP contribution in [0.15, 0.2) is 0 Å². The molecule has 0 radical (unpaired) electrons. The summed E-state index contributed by atoms with van der Waals surface area (Å²) in [6, 6.07) is 1.58. The molecular weight excluding hydrogens is 224 g/mol. The second-order valence-electron chi connectivity index (χ2n) is 6.41. The first-order valence-corrected chi connectivity index (χ1v) is 7.92. The van der Waals surface area contributed by atoms with Crippen LogP contribution in [0, 0.1) is 0 Å². The number of fused-ring (bicyclic) bond motifs is 1. The summed E-state index contributed by atoms with van der Waals surface area (Å²) in [7, 11) is 0. The van der Waals surface area contributed by atoms with Crippen molar-refractivity contribution in [3.05, 3.63) is 0 Å². The molecule has 0 aromatic carbocycles. The lowest BCUT2D eigenvalue weighted by atomic mass is 9.97. The zero-order valence-electron chi connectivity index (χ0n) is 11.8. The standard InChI is InChI=1S/C15H28N2O/c1-13-11-17-8-3-2-5-14(17)12-16(13)9-7-15-6-4-10-18-15/h13-15H,2-12H2,1H3. The SMILES string of the molecule is CC1CN2CCCCC2CN1CCC1CCCO1. The molecule has 3 heteroatoms. The van der Waals surface area contributed by atoms with Gasteiger partial charge in [-0.15, -0.1) is 0 Å². The molecule has 0 N–H and O–H groups in total. The van der Waals surface area contributed by atoms with Gasteiger partial charge in [-0.1, -0.05) is 6.42 Å². The molecular formula is C15H28N2O. The zero-order chi connectivity index (χ0) is 12.4. The molecule has 0 saturated carbocycles. The summed E-state index contributed by atoms with van der Waals surface area (Å²) in [5.74, 6) is 0. The fraction of sp³-hybridized carbons (Fsp3) is 1.00. The highest BCUT2D eigenvalue weighted by atomic mass is 16.5. The summed E-state index contributed by atoms with van der Waals surface area (Å²) < 4.78 is 5.75. The molecule has 3 fully saturated rings. The number of ether oxygens (including phenoxy) is 1. The van der Waals surface area contributed by atoms with Crippen LogP contribution in [0.2, 0.25) is 0 Å². The quantitative estimate of drug-likeness (QED) is 0.765. The summed E-state index contributed by atoms with van der Waals surface area (Å²) in [5.41, 5.74) is 0. The second kappa shape index (κ2) is 5.89. The Kier molecular flexibility index (Phi) is 4.22. The van der Waals surface area contributed by atoms with E-state index in [1.165, 1.54) is 64.7 Å². The van der Waals surface area contributed by atoms with Crippen molar-refractivity contribution in [1.82, 2.24) is 9.80 Å². The topological polar surface area (TPSA) is 15.7 Å². The highest BCUT2D eigenvalue weighted by molar-refractivity contribution is 4.89. The molecule has 3 aliphatic rings. The number of hydrogen-bond donors (Lipinski definition) is 0. The van der Waals surface area contributed by atoms with Gasteiger partial charge in [-0.05, 0) is 45.6 Å². The summed E-state index contributed by atoms with van der Waals surface area (Å²) in [6.07, 6.45) is 8.64. The van der Waals surface area contributed by atoms with E-state index in [1.807, 2.05) is 0 Å². The smallest absolute Gasteiger partial charge is 0.0588 e. The van der Waals surface area contributed by atoms with Crippen molar-refractivity contribution in [2.75, 3.05) is 32.8 Å². The first kappa shape index (κ1) is 12.9. The van der Waals surface area contributed by atoms with Crippen LogP contribution in [-0.2, 0) is 4.74 Å². The Hall–Kier alpha value is -0.120. The van der Waals surface area contributed by atoms with Gasteiger partial charge in [0, 0.05) is 38.3 Å². The molecule has 3 atom stereocenters. The van der Waals surface area contributed by atoms with Crippen molar-refractivity contribution < 1.29 is 4.74 Å². The van der Waals surface area contributed by atoms with E-state index in [-0.39, 0.29) is 0 Å². The molecule has 3 aliphatic heterocycles. The molecule has 3 unspecified atom stereocenters. The van der Waals surface area contributed by atoms with Crippen LogP contribution in [-0.4, -0.2) is 60.8 Å². The van der Waals surface area contributed by atoms with Gasteiger partial charge >= 0.3 is 0 Å². The third-order valence-electron chi connectivity index (χ3n) is 5.08. The molecule has 3 rings (SSSR count). The van der Waals surface area contributed by atoms with E-state index < -0.39 is 0 Å². The van der Waals surface area contributed by atoms with Crippen LogP contribution in [0.25, 0.3) is 0 Å². The monoisotopic (exact) mass is 252 g/mol. The summed E-state index contributed by atoms with van der Waals surface area (Å²) in [6.45, 7) is 8.58. The number of nitrogens with zero attached hydrogens (tertiary/aromatic N) is 2. The van der Waals surface area contributed by atoms with E-state index >= 15 is 0 Å². The van der Waals surface area contributed by atoms with Crippen molar-refractivity contribution in [2.24, 2.45) is 0 Å². The van der Waals surface area contributed by atoms with Gasteiger partial charge in [0.25, 0.3) is 0 Å². The lowest BCUT2D eigenvalue weighted by Crippen LogP contribution is -2.58. The lowest BCUT2D eigenvalue weighted by Gasteiger charge is -2.47. The van der Waals surface area contributed by atoms with Crippen molar-refractivity contribution in [1.29, 1.82) is 0 Å². The van der Waals surface area contributed by atoms with Crippen molar-refractivity contribution >= 4 is 0 Å². The number of rotatable bonds is 3. The molecule has 0 aromatic rings. The average molecular weight is 252 g/mol. The fourth-order valence-electron chi connectivity index (χ4n) is 3.91. The summed E-state index contributed by atoms with van der Waals surface area (Å²) in [5, 5.41) is 0.